The molecule has 1 heterocycles. The molecule has 2 N–H and O–H groups in total. The number of hydrogen-bond donors (Lipinski definition) is 2. The second kappa shape index (κ2) is 5.91. The first kappa shape index (κ1) is 14.8. The predicted molar refractivity (Wildman–Crippen MR) is 89.4 cm³/mol. The van der Waals surface area contributed by atoms with Crippen molar-refractivity contribution < 1.29 is 9.53 Å². The number of nitrogens with one attached hydrogen (secondary N) is 2. The summed E-state index contributed by atoms with van der Waals surface area (Å²) in [5.74, 6) is 0.0874. The molecular weight excluding hydrogens is 323 g/mol. The number of fused-ring (bicyclic) bond motifs is 1. The Bertz CT molecular complexity index is 858. The van der Waals surface area contributed by atoms with Gasteiger partial charge < -0.3 is 15.0 Å². The van der Waals surface area contributed by atoms with Crippen LogP contribution in [0.5, 0.6) is 0 Å². The number of benzene rings is 2. The first-order chi connectivity index (χ1) is 10.6. The van der Waals surface area contributed by atoms with Crippen LogP contribution in [0.15, 0.2) is 42.5 Å². The van der Waals surface area contributed by atoms with Gasteiger partial charge in [-0.15, -0.1) is 0 Å². The Hall–Kier alpha value is -2.17. The van der Waals surface area contributed by atoms with Crippen LogP contribution in [0, 0.1) is 0 Å². The summed E-state index contributed by atoms with van der Waals surface area (Å²) in [6.07, 6.45) is 0. The summed E-state index contributed by atoms with van der Waals surface area (Å²) < 4.78 is 4.88. The molecule has 1 aromatic heterocycles. The van der Waals surface area contributed by atoms with Gasteiger partial charge in [-0.1, -0.05) is 29.3 Å². The first-order valence-corrected chi connectivity index (χ1v) is 7.26. The number of rotatable bonds is 3. The van der Waals surface area contributed by atoms with E-state index in [1.807, 2.05) is 18.2 Å². The molecule has 0 unspecified atom stereocenters. The van der Waals surface area contributed by atoms with Gasteiger partial charge in [0.2, 0.25) is 0 Å². The van der Waals surface area contributed by atoms with Crippen molar-refractivity contribution in [3.63, 3.8) is 0 Å². The number of aromatic amines is 1. The number of anilines is 2. The molecular formula is C16H12Cl2N2O2. The normalized spacial score (nSPS) is 10.7. The average molecular weight is 335 g/mol. The molecule has 3 rings (SSSR count). The zero-order valence-electron chi connectivity index (χ0n) is 11.6. The van der Waals surface area contributed by atoms with E-state index in [0.717, 1.165) is 11.2 Å². The molecule has 0 radical (unpaired) electrons. The van der Waals surface area contributed by atoms with Crippen LogP contribution in [-0.4, -0.2) is 18.1 Å². The van der Waals surface area contributed by atoms with Crippen molar-refractivity contribution in [3.05, 3.63) is 58.1 Å². The highest BCUT2D eigenvalue weighted by Crippen LogP contribution is 2.31. The highest BCUT2D eigenvalue weighted by molar-refractivity contribution is 6.31. The van der Waals surface area contributed by atoms with Crippen molar-refractivity contribution in [1.82, 2.24) is 4.98 Å². The summed E-state index contributed by atoms with van der Waals surface area (Å²) in [6, 6.07) is 12.5. The third-order valence-corrected chi connectivity index (χ3v) is 3.71. The van der Waals surface area contributed by atoms with Gasteiger partial charge in [0, 0.05) is 26.6 Å². The third kappa shape index (κ3) is 2.75. The number of methoxy groups -OCH3 is 1. The summed E-state index contributed by atoms with van der Waals surface area (Å²) in [5, 5.41) is 5.00. The van der Waals surface area contributed by atoms with Gasteiger partial charge >= 0.3 is 5.97 Å². The Balaban J connectivity index is 2.13. The molecule has 3 aromatic rings. The standard InChI is InChI=1S/C16H12Cl2N2O2/c1-22-16(21)14-12-8-10(18)5-6-13(12)20-15(14)19-11-4-2-3-9(17)7-11/h2-8,19-20H,1H3. The Kier molecular flexibility index (Phi) is 3.96. The number of H-pyrrole nitrogens is 1. The lowest BCUT2D eigenvalue weighted by atomic mass is 10.1. The molecule has 0 fully saturated rings. The lowest BCUT2D eigenvalue weighted by molar-refractivity contribution is 0.0604. The van der Waals surface area contributed by atoms with Crippen LogP contribution in [0.2, 0.25) is 10.0 Å². The summed E-state index contributed by atoms with van der Waals surface area (Å²) in [7, 11) is 1.34. The Morgan fingerprint density at radius 3 is 2.64 bits per heavy atom. The van der Waals surface area contributed by atoms with Crippen molar-refractivity contribution in [2.75, 3.05) is 12.4 Å². The van der Waals surface area contributed by atoms with Crippen LogP contribution in [0.4, 0.5) is 11.5 Å². The average Bonchev–Trinajstić information content (AvgIpc) is 2.83. The number of aromatic nitrogens is 1. The smallest absolute Gasteiger partial charge is 0.342 e. The van der Waals surface area contributed by atoms with Crippen LogP contribution in [0.3, 0.4) is 0 Å². The van der Waals surface area contributed by atoms with Gasteiger partial charge in [-0.2, -0.15) is 0 Å². The minimum absolute atomic E-state index is 0.403. The van der Waals surface area contributed by atoms with Crippen LogP contribution < -0.4 is 5.32 Å². The SMILES string of the molecule is COC(=O)c1c(Nc2cccc(Cl)c2)[nH]c2ccc(Cl)cc12. The predicted octanol–water partition coefficient (Wildman–Crippen LogP) is 5.00. The highest BCUT2D eigenvalue weighted by Gasteiger charge is 2.19. The number of halogens is 2. The Morgan fingerprint density at radius 2 is 1.91 bits per heavy atom. The molecule has 0 spiro atoms. The van der Waals surface area contributed by atoms with E-state index in [4.69, 9.17) is 27.9 Å². The largest absolute Gasteiger partial charge is 0.465 e. The van der Waals surface area contributed by atoms with Crippen LogP contribution in [0.25, 0.3) is 10.9 Å². The number of esters is 1. The maximum absolute atomic E-state index is 12.1. The molecule has 0 bridgehead atoms. The minimum atomic E-state index is -0.446. The van der Waals surface area contributed by atoms with E-state index in [9.17, 15) is 4.79 Å². The van der Waals surface area contributed by atoms with E-state index in [1.54, 1.807) is 24.3 Å². The fourth-order valence-corrected chi connectivity index (χ4v) is 2.64. The molecule has 112 valence electrons. The Morgan fingerprint density at radius 1 is 1.14 bits per heavy atom. The van der Waals surface area contributed by atoms with Crippen LogP contribution in [0.1, 0.15) is 10.4 Å². The molecule has 0 amide bonds. The van der Waals surface area contributed by atoms with E-state index < -0.39 is 5.97 Å². The molecule has 6 heteroatoms. The molecule has 0 saturated heterocycles. The first-order valence-electron chi connectivity index (χ1n) is 6.50. The van der Waals surface area contributed by atoms with Gasteiger partial charge in [0.05, 0.1) is 7.11 Å². The second-order valence-corrected chi connectivity index (χ2v) is 5.56. The summed E-state index contributed by atoms with van der Waals surface area (Å²) >= 11 is 12.0. The molecule has 2 aromatic carbocycles. The number of carbonyl (C=O) groups is 1. The summed E-state index contributed by atoms with van der Waals surface area (Å²) in [5.41, 5.74) is 1.95. The quantitative estimate of drug-likeness (QED) is 0.662. The minimum Gasteiger partial charge on any atom is -0.465 e. The van der Waals surface area contributed by atoms with Gasteiger partial charge in [-0.05, 0) is 36.4 Å². The van der Waals surface area contributed by atoms with Gasteiger partial charge in [0.15, 0.2) is 0 Å². The Labute approximate surface area is 137 Å². The van der Waals surface area contributed by atoms with E-state index in [-0.39, 0.29) is 0 Å². The highest BCUT2D eigenvalue weighted by atomic mass is 35.5. The van der Waals surface area contributed by atoms with Crippen molar-refractivity contribution in [2.24, 2.45) is 0 Å². The van der Waals surface area contributed by atoms with E-state index >= 15 is 0 Å². The fourth-order valence-electron chi connectivity index (χ4n) is 2.28. The molecule has 0 aliphatic rings. The maximum atomic E-state index is 12.1. The van der Waals surface area contributed by atoms with Crippen molar-refractivity contribution >= 4 is 51.6 Å². The van der Waals surface area contributed by atoms with Gasteiger partial charge in [0.25, 0.3) is 0 Å². The number of ether oxygens (including phenoxy) is 1. The third-order valence-electron chi connectivity index (χ3n) is 3.24. The van der Waals surface area contributed by atoms with Gasteiger partial charge in [-0.25, -0.2) is 4.79 Å². The lowest BCUT2D eigenvalue weighted by Gasteiger charge is -2.07. The summed E-state index contributed by atoms with van der Waals surface area (Å²) in [6.45, 7) is 0. The van der Waals surface area contributed by atoms with Gasteiger partial charge in [0.1, 0.15) is 11.4 Å². The zero-order valence-corrected chi connectivity index (χ0v) is 13.1. The fraction of sp³-hybridized carbons (Fsp3) is 0.0625. The van der Waals surface area contributed by atoms with Crippen LogP contribution in [-0.2, 0) is 4.74 Å². The van der Waals surface area contributed by atoms with Gasteiger partial charge in [-0.3, -0.25) is 0 Å². The van der Waals surface area contributed by atoms with Crippen LogP contribution >= 0.6 is 23.2 Å². The monoisotopic (exact) mass is 334 g/mol. The van der Waals surface area contributed by atoms with E-state index in [0.29, 0.717) is 26.8 Å². The maximum Gasteiger partial charge on any atom is 0.342 e. The number of carbonyl (C=O) groups excluding carboxylic acids is 1. The van der Waals surface area contributed by atoms with E-state index in [1.165, 1.54) is 7.11 Å². The van der Waals surface area contributed by atoms with Crippen molar-refractivity contribution in [1.29, 1.82) is 0 Å². The molecule has 4 nitrogen and oxygen atoms in total. The number of hydrogen-bond acceptors (Lipinski definition) is 3. The topological polar surface area (TPSA) is 54.1 Å². The molecule has 22 heavy (non-hydrogen) atoms. The lowest BCUT2D eigenvalue weighted by Crippen LogP contribution is -2.04. The molecule has 0 saturated carbocycles. The second-order valence-electron chi connectivity index (χ2n) is 4.69. The molecule has 0 aliphatic heterocycles. The van der Waals surface area contributed by atoms with E-state index in [2.05, 4.69) is 10.3 Å². The molecule has 0 atom stereocenters. The van der Waals surface area contributed by atoms with Crippen molar-refractivity contribution in [2.45, 2.75) is 0 Å². The summed E-state index contributed by atoms with van der Waals surface area (Å²) in [4.78, 5) is 15.3. The van der Waals surface area contributed by atoms with Crippen molar-refractivity contribution in [3.8, 4) is 0 Å². The molecule has 0 aliphatic carbocycles. The zero-order chi connectivity index (χ0) is 15.7.